The number of fused-ring (bicyclic) bond motifs is 1. The van der Waals surface area contributed by atoms with E-state index in [0.717, 1.165) is 43.7 Å². The van der Waals surface area contributed by atoms with Crippen molar-refractivity contribution in [1.29, 1.82) is 0 Å². The summed E-state index contributed by atoms with van der Waals surface area (Å²) in [5, 5.41) is 0. The van der Waals surface area contributed by atoms with Gasteiger partial charge in [-0.05, 0) is 31.5 Å². The summed E-state index contributed by atoms with van der Waals surface area (Å²) >= 11 is 0. The molecular formula is C14H17N3O2. The highest BCUT2D eigenvalue weighted by molar-refractivity contribution is 5.46. The van der Waals surface area contributed by atoms with Gasteiger partial charge in [-0.15, -0.1) is 0 Å². The maximum absolute atomic E-state index is 12.1. The smallest absolute Gasteiger partial charge is 0.254 e. The van der Waals surface area contributed by atoms with E-state index < -0.39 is 0 Å². The molecule has 3 rings (SSSR count). The molecule has 1 N–H and O–H groups in total. The molecule has 0 unspecified atom stereocenters. The SMILES string of the molecule is CCCN1CCc2c(nc(-c3ccco3)[nH]c2=O)C1. The average Bonchev–Trinajstić information content (AvgIpc) is 2.92. The summed E-state index contributed by atoms with van der Waals surface area (Å²) in [5.41, 5.74) is 1.67. The van der Waals surface area contributed by atoms with E-state index in [2.05, 4.69) is 21.8 Å². The molecule has 0 saturated carbocycles. The molecule has 0 aliphatic carbocycles. The van der Waals surface area contributed by atoms with Gasteiger partial charge in [0.1, 0.15) is 0 Å². The summed E-state index contributed by atoms with van der Waals surface area (Å²) in [5.74, 6) is 1.12. The van der Waals surface area contributed by atoms with Crippen molar-refractivity contribution < 1.29 is 4.42 Å². The summed E-state index contributed by atoms with van der Waals surface area (Å²) in [7, 11) is 0. The van der Waals surface area contributed by atoms with Crippen molar-refractivity contribution >= 4 is 0 Å². The van der Waals surface area contributed by atoms with Crippen LogP contribution in [0.15, 0.2) is 27.6 Å². The summed E-state index contributed by atoms with van der Waals surface area (Å²) in [6.07, 6.45) is 3.47. The summed E-state index contributed by atoms with van der Waals surface area (Å²) in [6, 6.07) is 3.59. The number of aromatic amines is 1. The van der Waals surface area contributed by atoms with Gasteiger partial charge in [0.2, 0.25) is 0 Å². The molecule has 1 aliphatic heterocycles. The summed E-state index contributed by atoms with van der Waals surface area (Å²) in [6.45, 7) is 4.89. The number of nitrogens with one attached hydrogen (secondary N) is 1. The van der Waals surface area contributed by atoms with E-state index >= 15 is 0 Å². The maximum Gasteiger partial charge on any atom is 0.254 e. The summed E-state index contributed by atoms with van der Waals surface area (Å²) < 4.78 is 5.29. The van der Waals surface area contributed by atoms with E-state index in [1.165, 1.54) is 0 Å². The minimum Gasteiger partial charge on any atom is -0.461 e. The topological polar surface area (TPSA) is 62.1 Å². The second-order valence-electron chi connectivity index (χ2n) is 4.84. The number of furan rings is 1. The first-order valence-corrected chi connectivity index (χ1v) is 6.66. The first-order chi connectivity index (χ1) is 9.28. The standard InChI is InChI=1S/C14H17N3O2/c1-2-6-17-7-5-10-11(9-17)15-13(16-14(10)18)12-4-3-8-19-12/h3-4,8H,2,5-7,9H2,1H3,(H,15,16,18). The number of rotatable bonds is 3. The molecule has 0 fully saturated rings. The lowest BCUT2D eigenvalue weighted by Gasteiger charge is -2.27. The van der Waals surface area contributed by atoms with Crippen molar-refractivity contribution in [3.63, 3.8) is 0 Å². The molecule has 5 heteroatoms. The van der Waals surface area contributed by atoms with E-state index in [1.54, 1.807) is 18.4 Å². The van der Waals surface area contributed by atoms with Crippen LogP contribution in [0.1, 0.15) is 24.6 Å². The molecule has 1 aliphatic rings. The van der Waals surface area contributed by atoms with E-state index in [-0.39, 0.29) is 5.56 Å². The Morgan fingerprint density at radius 1 is 1.53 bits per heavy atom. The highest BCUT2D eigenvalue weighted by Crippen LogP contribution is 2.18. The number of aromatic nitrogens is 2. The van der Waals surface area contributed by atoms with Crippen molar-refractivity contribution in [2.75, 3.05) is 13.1 Å². The summed E-state index contributed by atoms with van der Waals surface area (Å²) in [4.78, 5) is 21.8. The maximum atomic E-state index is 12.1. The van der Waals surface area contributed by atoms with Crippen LogP contribution in [0, 0.1) is 0 Å². The third-order valence-corrected chi connectivity index (χ3v) is 3.45. The molecule has 0 amide bonds. The number of nitrogens with zero attached hydrogens (tertiary/aromatic N) is 2. The molecule has 100 valence electrons. The molecule has 0 atom stereocenters. The predicted octanol–water partition coefficient (Wildman–Crippen LogP) is 1.80. The van der Waals surface area contributed by atoms with Crippen LogP contribution in [-0.4, -0.2) is 28.0 Å². The zero-order valence-electron chi connectivity index (χ0n) is 11.0. The van der Waals surface area contributed by atoms with Crippen molar-refractivity contribution in [3.8, 4) is 11.6 Å². The number of H-pyrrole nitrogens is 1. The second kappa shape index (κ2) is 5.01. The predicted molar refractivity (Wildman–Crippen MR) is 71.8 cm³/mol. The van der Waals surface area contributed by atoms with Crippen LogP contribution in [-0.2, 0) is 13.0 Å². The zero-order chi connectivity index (χ0) is 13.2. The Labute approximate surface area is 111 Å². The van der Waals surface area contributed by atoms with Crippen LogP contribution in [0.4, 0.5) is 0 Å². The van der Waals surface area contributed by atoms with Crippen LogP contribution < -0.4 is 5.56 Å². The lowest BCUT2D eigenvalue weighted by atomic mass is 10.1. The third-order valence-electron chi connectivity index (χ3n) is 3.45. The normalized spacial score (nSPS) is 15.4. The average molecular weight is 259 g/mol. The number of hydrogen-bond donors (Lipinski definition) is 1. The highest BCUT2D eigenvalue weighted by atomic mass is 16.3. The van der Waals surface area contributed by atoms with Crippen LogP contribution in [0.5, 0.6) is 0 Å². The van der Waals surface area contributed by atoms with Gasteiger partial charge in [-0.1, -0.05) is 6.92 Å². The highest BCUT2D eigenvalue weighted by Gasteiger charge is 2.21. The largest absolute Gasteiger partial charge is 0.461 e. The van der Waals surface area contributed by atoms with Gasteiger partial charge < -0.3 is 9.40 Å². The van der Waals surface area contributed by atoms with Gasteiger partial charge in [-0.3, -0.25) is 9.69 Å². The Hall–Kier alpha value is -1.88. The van der Waals surface area contributed by atoms with Gasteiger partial charge in [-0.25, -0.2) is 4.98 Å². The Morgan fingerprint density at radius 2 is 2.42 bits per heavy atom. The second-order valence-corrected chi connectivity index (χ2v) is 4.84. The Balaban J connectivity index is 1.98. The lowest BCUT2D eigenvalue weighted by molar-refractivity contribution is 0.249. The van der Waals surface area contributed by atoms with Crippen LogP contribution >= 0.6 is 0 Å². The molecule has 2 aromatic rings. The van der Waals surface area contributed by atoms with Gasteiger partial charge in [0, 0.05) is 18.7 Å². The molecule has 0 radical (unpaired) electrons. The van der Waals surface area contributed by atoms with Crippen molar-refractivity contribution in [1.82, 2.24) is 14.9 Å². The first kappa shape index (κ1) is 12.2. The fraction of sp³-hybridized carbons (Fsp3) is 0.429. The molecule has 0 aromatic carbocycles. The van der Waals surface area contributed by atoms with E-state index in [4.69, 9.17) is 4.42 Å². The van der Waals surface area contributed by atoms with Crippen LogP contribution in [0.3, 0.4) is 0 Å². The fourth-order valence-corrected chi connectivity index (χ4v) is 2.53. The quantitative estimate of drug-likeness (QED) is 0.913. The number of hydrogen-bond acceptors (Lipinski definition) is 4. The van der Waals surface area contributed by atoms with Gasteiger partial charge in [0.15, 0.2) is 11.6 Å². The molecule has 3 heterocycles. The first-order valence-electron chi connectivity index (χ1n) is 6.66. The Kier molecular flexibility index (Phi) is 3.21. The van der Waals surface area contributed by atoms with Crippen molar-refractivity contribution in [2.45, 2.75) is 26.3 Å². The minimum absolute atomic E-state index is 0.0347. The van der Waals surface area contributed by atoms with Crippen molar-refractivity contribution in [2.24, 2.45) is 0 Å². The Morgan fingerprint density at radius 3 is 3.16 bits per heavy atom. The van der Waals surface area contributed by atoms with Crippen molar-refractivity contribution in [3.05, 3.63) is 40.0 Å². The van der Waals surface area contributed by atoms with Gasteiger partial charge in [0.25, 0.3) is 5.56 Å². The molecule has 19 heavy (non-hydrogen) atoms. The van der Waals surface area contributed by atoms with Crippen LogP contribution in [0.25, 0.3) is 11.6 Å². The van der Waals surface area contributed by atoms with E-state index in [0.29, 0.717) is 11.6 Å². The van der Waals surface area contributed by atoms with Gasteiger partial charge in [0.05, 0.1) is 12.0 Å². The molecule has 5 nitrogen and oxygen atoms in total. The molecule has 0 saturated heterocycles. The van der Waals surface area contributed by atoms with Gasteiger partial charge in [-0.2, -0.15) is 0 Å². The van der Waals surface area contributed by atoms with E-state index in [1.807, 2.05) is 0 Å². The lowest BCUT2D eigenvalue weighted by Crippen LogP contribution is -2.35. The Bertz CT molecular complexity index is 616. The molecular weight excluding hydrogens is 242 g/mol. The monoisotopic (exact) mass is 259 g/mol. The minimum atomic E-state index is -0.0347. The van der Waals surface area contributed by atoms with Crippen LogP contribution in [0.2, 0.25) is 0 Å². The fourth-order valence-electron chi connectivity index (χ4n) is 2.53. The molecule has 0 bridgehead atoms. The third kappa shape index (κ3) is 2.33. The molecule has 0 spiro atoms. The van der Waals surface area contributed by atoms with E-state index in [9.17, 15) is 4.79 Å². The zero-order valence-corrected chi connectivity index (χ0v) is 11.0. The molecule has 2 aromatic heterocycles. The van der Waals surface area contributed by atoms with Gasteiger partial charge >= 0.3 is 0 Å².